The van der Waals surface area contributed by atoms with Gasteiger partial charge in [0.15, 0.2) is 0 Å². The van der Waals surface area contributed by atoms with Crippen LogP contribution < -0.4 is 0 Å². The highest BCUT2D eigenvalue weighted by molar-refractivity contribution is 5.68. The van der Waals surface area contributed by atoms with Gasteiger partial charge in [-0.05, 0) is 50.4 Å². The Bertz CT molecular complexity index is 567. The summed E-state index contributed by atoms with van der Waals surface area (Å²) in [6.07, 6.45) is 3.73. The van der Waals surface area contributed by atoms with E-state index in [1.165, 1.54) is 0 Å². The summed E-state index contributed by atoms with van der Waals surface area (Å²) in [4.78, 5) is 11.4. The van der Waals surface area contributed by atoms with Crippen LogP contribution in [0.5, 0.6) is 0 Å². The van der Waals surface area contributed by atoms with Crippen LogP contribution in [0.3, 0.4) is 0 Å². The molecule has 0 radical (unpaired) electrons. The van der Waals surface area contributed by atoms with Crippen LogP contribution >= 0.6 is 0 Å². The molecule has 0 amide bonds. The Morgan fingerprint density at radius 3 is 2.35 bits per heavy atom. The molecular formula is C20H34O6. The fourth-order valence-corrected chi connectivity index (χ4v) is 6.70. The molecule has 2 saturated carbocycles. The molecule has 2 aliphatic carbocycles. The molecule has 7 atom stereocenters. The third kappa shape index (κ3) is 2.56. The molecule has 0 aromatic rings. The van der Waals surface area contributed by atoms with Gasteiger partial charge < -0.3 is 25.2 Å². The van der Waals surface area contributed by atoms with E-state index in [2.05, 4.69) is 13.8 Å². The van der Waals surface area contributed by atoms with Crippen LogP contribution in [-0.4, -0.2) is 56.9 Å². The molecule has 0 aromatic heterocycles. The molecule has 26 heavy (non-hydrogen) atoms. The Kier molecular flexibility index (Phi) is 4.96. The lowest BCUT2D eigenvalue weighted by Gasteiger charge is -2.65. The summed E-state index contributed by atoms with van der Waals surface area (Å²) in [6, 6.07) is 0. The van der Waals surface area contributed by atoms with Crippen LogP contribution in [0.15, 0.2) is 0 Å². The summed E-state index contributed by atoms with van der Waals surface area (Å²) in [5, 5.41) is 40.0. The first-order valence-corrected chi connectivity index (χ1v) is 9.91. The minimum absolute atomic E-state index is 0.0703. The van der Waals surface area contributed by atoms with Crippen LogP contribution in [-0.2, 0) is 9.53 Å². The molecule has 3 rings (SSSR count). The van der Waals surface area contributed by atoms with Crippen LogP contribution in [0, 0.1) is 22.7 Å². The third-order valence-electron chi connectivity index (χ3n) is 8.37. The van der Waals surface area contributed by atoms with Crippen LogP contribution in [0.4, 0.5) is 0 Å². The summed E-state index contributed by atoms with van der Waals surface area (Å²) >= 11 is 0. The van der Waals surface area contributed by atoms with Crippen molar-refractivity contribution < 1.29 is 30.0 Å². The first-order chi connectivity index (χ1) is 12.1. The monoisotopic (exact) mass is 370 g/mol. The predicted octanol–water partition coefficient (Wildman–Crippen LogP) is 1.95. The van der Waals surface area contributed by atoms with Gasteiger partial charge in [-0.15, -0.1) is 0 Å². The van der Waals surface area contributed by atoms with Crippen molar-refractivity contribution in [2.45, 2.75) is 83.0 Å². The number of rotatable bonds is 4. The first-order valence-electron chi connectivity index (χ1n) is 9.91. The van der Waals surface area contributed by atoms with E-state index in [1.54, 1.807) is 0 Å². The van der Waals surface area contributed by atoms with E-state index in [9.17, 15) is 25.2 Å². The zero-order chi connectivity index (χ0) is 19.4. The summed E-state index contributed by atoms with van der Waals surface area (Å²) in [6.45, 7) is 5.96. The molecule has 0 aromatic carbocycles. The number of ether oxygens (including phenoxy) is 1. The maximum absolute atomic E-state index is 11.4. The van der Waals surface area contributed by atoms with E-state index in [0.29, 0.717) is 19.3 Å². The molecular weight excluding hydrogens is 336 g/mol. The maximum atomic E-state index is 11.4. The van der Waals surface area contributed by atoms with Crippen molar-refractivity contribution >= 4 is 5.97 Å². The Morgan fingerprint density at radius 2 is 1.77 bits per heavy atom. The van der Waals surface area contributed by atoms with Gasteiger partial charge in [-0.25, -0.2) is 0 Å². The molecule has 1 saturated heterocycles. The Labute approximate surface area is 155 Å². The average molecular weight is 370 g/mol. The van der Waals surface area contributed by atoms with Gasteiger partial charge in [0, 0.05) is 10.8 Å². The van der Waals surface area contributed by atoms with Crippen molar-refractivity contribution in [1.82, 2.24) is 0 Å². The third-order valence-corrected chi connectivity index (χ3v) is 8.37. The highest BCUT2D eigenvalue weighted by Crippen LogP contribution is 2.67. The van der Waals surface area contributed by atoms with Crippen molar-refractivity contribution in [3.63, 3.8) is 0 Å². The number of carboxylic acids is 1. The molecule has 6 heteroatoms. The van der Waals surface area contributed by atoms with Crippen molar-refractivity contribution in [1.29, 1.82) is 0 Å². The zero-order valence-electron chi connectivity index (χ0n) is 16.2. The molecule has 1 heterocycles. The number of aliphatic hydroxyl groups is 3. The average Bonchev–Trinajstić information content (AvgIpc) is 2.98. The summed E-state index contributed by atoms with van der Waals surface area (Å²) < 4.78 is 6.60. The standard InChI is InChI=1S/C20H34O6/c1-13-4-5-14-17(2,11-21)15(23)6-7-18(14,3)20(13)9-8-19(12-22,26-20)10-16(24)25/h13-15,21-23H,4-12H2,1-3H3,(H,24,25)/t13-,14-,15-,17+,18-,19+,20+/m0/s1. The van der Waals surface area contributed by atoms with E-state index in [4.69, 9.17) is 4.74 Å². The van der Waals surface area contributed by atoms with E-state index < -0.39 is 28.7 Å². The number of carboxylic acid groups (broad SMARTS) is 1. The lowest BCUT2D eigenvalue weighted by atomic mass is 9.43. The molecule has 4 N–H and O–H groups in total. The normalized spacial score (nSPS) is 51.4. The van der Waals surface area contributed by atoms with E-state index in [0.717, 1.165) is 19.3 Å². The number of aliphatic hydroxyl groups excluding tert-OH is 3. The van der Waals surface area contributed by atoms with Crippen molar-refractivity contribution in [3.8, 4) is 0 Å². The van der Waals surface area contributed by atoms with Crippen molar-refractivity contribution in [3.05, 3.63) is 0 Å². The lowest BCUT2D eigenvalue weighted by Crippen LogP contribution is -2.66. The van der Waals surface area contributed by atoms with E-state index in [1.807, 2.05) is 6.92 Å². The van der Waals surface area contributed by atoms with Gasteiger partial charge in [-0.2, -0.15) is 0 Å². The summed E-state index contributed by atoms with van der Waals surface area (Å²) in [5.74, 6) is -0.621. The molecule has 150 valence electrons. The number of hydrogen-bond donors (Lipinski definition) is 4. The zero-order valence-corrected chi connectivity index (χ0v) is 16.2. The largest absolute Gasteiger partial charge is 0.481 e. The number of aliphatic carboxylic acids is 1. The van der Waals surface area contributed by atoms with Gasteiger partial charge in [0.05, 0.1) is 31.3 Å². The topological polar surface area (TPSA) is 107 Å². The molecule has 3 aliphatic rings. The SMILES string of the molecule is C[C@H]1CC[C@H]2[C@@](C)(CO)[C@@H](O)CC[C@]2(C)[C@@]12CC[C@](CO)(CC(=O)O)O2. The minimum Gasteiger partial charge on any atom is -0.481 e. The van der Waals surface area contributed by atoms with Crippen LogP contribution in [0.2, 0.25) is 0 Å². The Balaban J connectivity index is 2.02. The number of carbonyl (C=O) groups is 1. The Morgan fingerprint density at radius 1 is 1.08 bits per heavy atom. The van der Waals surface area contributed by atoms with Gasteiger partial charge in [0.1, 0.15) is 5.60 Å². The summed E-state index contributed by atoms with van der Waals surface area (Å²) in [7, 11) is 0. The molecule has 3 fully saturated rings. The Hall–Kier alpha value is -0.690. The van der Waals surface area contributed by atoms with Gasteiger partial charge in [0.2, 0.25) is 0 Å². The van der Waals surface area contributed by atoms with E-state index in [-0.39, 0.29) is 36.9 Å². The molecule has 6 nitrogen and oxygen atoms in total. The summed E-state index contributed by atoms with van der Waals surface area (Å²) in [5.41, 5.74) is -2.40. The molecule has 0 unspecified atom stereocenters. The second-order valence-corrected chi connectivity index (χ2v) is 9.57. The van der Waals surface area contributed by atoms with Crippen LogP contribution in [0.1, 0.15) is 65.7 Å². The molecule has 1 aliphatic heterocycles. The quantitative estimate of drug-likeness (QED) is 0.602. The van der Waals surface area contributed by atoms with Gasteiger partial charge in [-0.3, -0.25) is 4.79 Å². The second-order valence-electron chi connectivity index (χ2n) is 9.57. The molecule has 0 bridgehead atoms. The van der Waals surface area contributed by atoms with Gasteiger partial charge in [-0.1, -0.05) is 20.8 Å². The minimum atomic E-state index is -1.03. The highest BCUT2D eigenvalue weighted by Gasteiger charge is 2.68. The van der Waals surface area contributed by atoms with Crippen molar-refractivity contribution in [2.75, 3.05) is 13.2 Å². The van der Waals surface area contributed by atoms with Crippen molar-refractivity contribution in [2.24, 2.45) is 22.7 Å². The fourth-order valence-electron chi connectivity index (χ4n) is 6.70. The lowest BCUT2D eigenvalue weighted by molar-refractivity contribution is -0.271. The first kappa shape index (κ1) is 20.1. The second kappa shape index (κ2) is 6.43. The van der Waals surface area contributed by atoms with Gasteiger partial charge in [0.25, 0.3) is 0 Å². The smallest absolute Gasteiger partial charge is 0.306 e. The predicted molar refractivity (Wildman–Crippen MR) is 95.5 cm³/mol. The maximum Gasteiger partial charge on any atom is 0.306 e. The van der Waals surface area contributed by atoms with Gasteiger partial charge >= 0.3 is 5.97 Å². The highest BCUT2D eigenvalue weighted by atomic mass is 16.5. The van der Waals surface area contributed by atoms with E-state index >= 15 is 0 Å². The molecule has 1 spiro atoms. The number of hydrogen-bond acceptors (Lipinski definition) is 5. The van der Waals surface area contributed by atoms with Crippen LogP contribution in [0.25, 0.3) is 0 Å². The fraction of sp³-hybridized carbons (Fsp3) is 0.950. The number of fused-ring (bicyclic) bond motifs is 2.